The molecule has 5 N–H and O–H groups in total. The molecule has 0 unspecified atom stereocenters. The predicted octanol–water partition coefficient (Wildman–Crippen LogP) is -2.74. The lowest BCUT2D eigenvalue weighted by molar-refractivity contribution is 0.280. The van der Waals surface area contributed by atoms with Crippen molar-refractivity contribution in [1.82, 2.24) is 15.0 Å². The van der Waals surface area contributed by atoms with Crippen molar-refractivity contribution < 1.29 is 23.2 Å². The first-order valence-electron chi connectivity index (χ1n) is 6.00. The highest BCUT2D eigenvalue weighted by Gasteiger charge is 2.12. The van der Waals surface area contributed by atoms with E-state index in [2.05, 4.69) is 20.3 Å². The van der Waals surface area contributed by atoms with E-state index in [0.29, 0.717) is 0 Å². The minimum atomic E-state index is -4.12. The Bertz CT molecular complexity index is 597. The molecule has 0 aliphatic heterocycles. The van der Waals surface area contributed by atoms with Crippen LogP contribution in [-0.2, 0) is 10.1 Å². The second kappa shape index (κ2) is 7.87. The van der Waals surface area contributed by atoms with Gasteiger partial charge in [-0.1, -0.05) is 0 Å². The Morgan fingerprint density at radius 2 is 1.81 bits per heavy atom. The summed E-state index contributed by atoms with van der Waals surface area (Å²) in [6, 6.07) is 0. The van der Waals surface area contributed by atoms with Crippen LogP contribution < -0.4 is 15.9 Å². The summed E-state index contributed by atoms with van der Waals surface area (Å²) in [5, 5.41) is 20.4. The van der Waals surface area contributed by atoms with Gasteiger partial charge < -0.3 is 20.4 Å². The number of aromatic amines is 1. The van der Waals surface area contributed by atoms with Gasteiger partial charge in [0, 0.05) is 19.6 Å². The van der Waals surface area contributed by atoms with E-state index in [0.717, 1.165) is 0 Å². The van der Waals surface area contributed by atoms with E-state index in [4.69, 9.17) is 14.8 Å². The number of anilines is 2. The molecule has 0 saturated carbocycles. The Kier molecular flexibility index (Phi) is 6.48. The Balaban J connectivity index is 2.85. The average Bonchev–Trinajstić information content (AvgIpc) is 2.36. The summed E-state index contributed by atoms with van der Waals surface area (Å²) in [6.45, 7) is -0.364. The lowest BCUT2D eigenvalue weighted by atomic mass is 10.5. The van der Waals surface area contributed by atoms with Crippen LogP contribution in [0.15, 0.2) is 4.79 Å². The molecular formula is C9H17N5O6S. The van der Waals surface area contributed by atoms with Crippen LogP contribution in [-0.4, -0.2) is 76.7 Å². The molecule has 0 atom stereocenters. The lowest BCUT2D eigenvalue weighted by Gasteiger charge is -2.20. The van der Waals surface area contributed by atoms with Crippen molar-refractivity contribution in [3.63, 3.8) is 0 Å². The standard InChI is InChI=1S/C9H17N5O6S/c15-4-2-14(3-5-16)8-11-7(12-9(17)13-8)10-1-6-21(18,19)20/h15-16H,1-6H2,(H,18,19,20)(H2,10,11,12,13,17). The Labute approximate surface area is 120 Å². The molecule has 11 nitrogen and oxygen atoms in total. The highest BCUT2D eigenvalue weighted by Crippen LogP contribution is 2.06. The van der Waals surface area contributed by atoms with Crippen molar-refractivity contribution >= 4 is 22.0 Å². The fraction of sp³-hybridized carbons (Fsp3) is 0.667. The van der Waals surface area contributed by atoms with Crippen molar-refractivity contribution in [3.8, 4) is 0 Å². The molecule has 1 rings (SSSR count). The summed E-state index contributed by atoms with van der Waals surface area (Å²) in [7, 11) is -4.12. The van der Waals surface area contributed by atoms with Crippen LogP contribution in [0, 0.1) is 0 Å². The van der Waals surface area contributed by atoms with Crippen molar-refractivity contribution in [3.05, 3.63) is 10.5 Å². The van der Waals surface area contributed by atoms with Gasteiger partial charge in [0.15, 0.2) is 0 Å². The summed E-state index contributed by atoms with van der Waals surface area (Å²) in [5.41, 5.74) is -0.727. The summed E-state index contributed by atoms with van der Waals surface area (Å²) in [4.78, 5) is 22.6. The highest BCUT2D eigenvalue weighted by molar-refractivity contribution is 7.85. The number of rotatable bonds is 9. The van der Waals surface area contributed by atoms with E-state index in [-0.39, 0.29) is 44.7 Å². The molecule has 0 fully saturated rings. The molecule has 0 aliphatic rings. The van der Waals surface area contributed by atoms with Gasteiger partial charge in [0.1, 0.15) is 0 Å². The molecule has 120 valence electrons. The molecule has 0 spiro atoms. The number of aliphatic hydroxyl groups excluding tert-OH is 2. The van der Waals surface area contributed by atoms with E-state index in [1.165, 1.54) is 4.90 Å². The molecule has 21 heavy (non-hydrogen) atoms. The number of hydrogen-bond donors (Lipinski definition) is 5. The Hall–Kier alpha value is -1.76. The van der Waals surface area contributed by atoms with Gasteiger partial charge in [-0.15, -0.1) is 0 Å². The Morgan fingerprint density at radius 3 is 2.33 bits per heavy atom. The van der Waals surface area contributed by atoms with E-state index in [1.54, 1.807) is 0 Å². The fourth-order valence-electron chi connectivity index (χ4n) is 1.45. The molecule has 0 radical (unpaired) electrons. The van der Waals surface area contributed by atoms with Crippen LogP contribution in [0.3, 0.4) is 0 Å². The van der Waals surface area contributed by atoms with E-state index < -0.39 is 21.6 Å². The first-order valence-corrected chi connectivity index (χ1v) is 7.60. The van der Waals surface area contributed by atoms with Gasteiger partial charge in [-0.25, -0.2) is 4.79 Å². The molecule has 12 heteroatoms. The van der Waals surface area contributed by atoms with Crippen molar-refractivity contribution in [2.45, 2.75) is 0 Å². The third-order valence-corrected chi connectivity index (χ3v) is 3.03. The van der Waals surface area contributed by atoms with E-state index in [9.17, 15) is 13.2 Å². The number of hydrogen-bond acceptors (Lipinski definition) is 9. The third kappa shape index (κ3) is 6.48. The zero-order valence-corrected chi connectivity index (χ0v) is 11.9. The van der Waals surface area contributed by atoms with Gasteiger partial charge in [-0.3, -0.25) is 9.54 Å². The third-order valence-electron chi connectivity index (χ3n) is 2.31. The fourth-order valence-corrected chi connectivity index (χ4v) is 1.81. The quantitative estimate of drug-likeness (QED) is 0.300. The SMILES string of the molecule is O=c1nc(N(CCO)CCO)nc(NCCS(=O)(=O)O)[nH]1. The lowest BCUT2D eigenvalue weighted by Crippen LogP contribution is -2.33. The second-order valence-electron chi connectivity index (χ2n) is 3.95. The van der Waals surface area contributed by atoms with Gasteiger partial charge in [-0.05, 0) is 0 Å². The van der Waals surface area contributed by atoms with Gasteiger partial charge in [0.25, 0.3) is 10.1 Å². The molecular weight excluding hydrogens is 306 g/mol. The van der Waals surface area contributed by atoms with Gasteiger partial charge in [0.2, 0.25) is 11.9 Å². The first kappa shape index (κ1) is 17.3. The van der Waals surface area contributed by atoms with Crippen molar-refractivity contribution in [1.29, 1.82) is 0 Å². The number of aliphatic hydroxyl groups is 2. The topological polar surface area (TPSA) is 169 Å². The second-order valence-corrected chi connectivity index (χ2v) is 5.52. The minimum Gasteiger partial charge on any atom is -0.395 e. The largest absolute Gasteiger partial charge is 0.395 e. The minimum absolute atomic E-state index is 0.0174. The van der Waals surface area contributed by atoms with E-state index >= 15 is 0 Å². The van der Waals surface area contributed by atoms with Crippen molar-refractivity contribution in [2.75, 3.05) is 48.8 Å². The zero-order chi connectivity index (χ0) is 15.9. The van der Waals surface area contributed by atoms with Crippen LogP contribution in [0.1, 0.15) is 0 Å². The summed E-state index contributed by atoms with van der Waals surface area (Å²) >= 11 is 0. The summed E-state index contributed by atoms with van der Waals surface area (Å²) < 4.78 is 29.8. The number of nitrogens with zero attached hydrogens (tertiary/aromatic N) is 3. The number of H-pyrrole nitrogens is 1. The van der Waals surface area contributed by atoms with Gasteiger partial charge in [-0.2, -0.15) is 18.4 Å². The summed E-state index contributed by atoms with van der Waals surface area (Å²) in [5.74, 6) is -0.600. The van der Waals surface area contributed by atoms with E-state index in [1.807, 2.05) is 0 Å². The zero-order valence-electron chi connectivity index (χ0n) is 11.1. The van der Waals surface area contributed by atoms with Crippen LogP contribution in [0.5, 0.6) is 0 Å². The van der Waals surface area contributed by atoms with Gasteiger partial charge in [0.05, 0.1) is 19.0 Å². The average molecular weight is 323 g/mol. The van der Waals surface area contributed by atoms with Crippen LogP contribution in [0.4, 0.5) is 11.9 Å². The highest BCUT2D eigenvalue weighted by atomic mass is 32.2. The van der Waals surface area contributed by atoms with Crippen LogP contribution in [0.2, 0.25) is 0 Å². The molecule has 0 saturated heterocycles. The Morgan fingerprint density at radius 1 is 1.19 bits per heavy atom. The smallest absolute Gasteiger partial charge is 0.350 e. The number of aromatic nitrogens is 3. The molecule has 1 heterocycles. The maximum Gasteiger partial charge on any atom is 0.350 e. The molecule has 0 bridgehead atoms. The molecule has 0 amide bonds. The first-order chi connectivity index (χ1) is 9.85. The maximum atomic E-state index is 11.4. The maximum absolute atomic E-state index is 11.4. The normalized spacial score (nSPS) is 11.4. The summed E-state index contributed by atoms with van der Waals surface area (Å²) in [6.07, 6.45) is 0. The van der Waals surface area contributed by atoms with Gasteiger partial charge >= 0.3 is 5.69 Å². The van der Waals surface area contributed by atoms with Crippen LogP contribution >= 0.6 is 0 Å². The van der Waals surface area contributed by atoms with Crippen molar-refractivity contribution in [2.24, 2.45) is 0 Å². The molecule has 1 aromatic rings. The number of nitrogens with one attached hydrogen (secondary N) is 2. The molecule has 0 aromatic carbocycles. The molecule has 0 aliphatic carbocycles. The monoisotopic (exact) mass is 323 g/mol. The predicted molar refractivity (Wildman–Crippen MR) is 73.9 cm³/mol. The van der Waals surface area contributed by atoms with Crippen LogP contribution in [0.25, 0.3) is 0 Å². The molecule has 1 aromatic heterocycles.